The van der Waals surface area contributed by atoms with Gasteiger partial charge in [-0.05, 0) is 23.3 Å². The molecule has 0 saturated heterocycles. The molecule has 0 fully saturated rings. The molecule has 29 heavy (non-hydrogen) atoms. The highest BCUT2D eigenvalue weighted by molar-refractivity contribution is 7.80. The summed E-state index contributed by atoms with van der Waals surface area (Å²) in [6.07, 6.45) is -0.894. The summed E-state index contributed by atoms with van der Waals surface area (Å²) in [5.74, 6) is -0.714. The molecule has 2 aromatic rings. The van der Waals surface area contributed by atoms with Crippen LogP contribution in [-0.2, 0) is 27.5 Å². The van der Waals surface area contributed by atoms with Crippen LogP contribution in [0.3, 0.4) is 0 Å². The van der Waals surface area contributed by atoms with Crippen molar-refractivity contribution in [2.24, 2.45) is 5.73 Å². The number of hydrazine groups is 1. The Bertz CT molecular complexity index is 848. The molecule has 0 unspecified atom stereocenters. The molecular weight excluding hydrogens is 396 g/mol. The predicted octanol–water partition coefficient (Wildman–Crippen LogP) is 1.83. The third-order valence-electron chi connectivity index (χ3n) is 3.49. The first-order valence-corrected chi connectivity index (χ1v) is 8.89. The Balaban J connectivity index is 1.97. The summed E-state index contributed by atoms with van der Waals surface area (Å²) in [5, 5.41) is -0.279. The fraction of sp³-hybridized carbons (Fsp3) is 0.158. The molecule has 3 amide bonds. The van der Waals surface area contributed by atoms with E-state index in [2.05, 4.69) is 5.43 Å². The second kappa shape index (κ2) is 11.2. The zero-order valence-corrected chi connectivity index (χ0v) is 16.2. The Kier molecular flexibility index (Phi) is 8.39. The van der Waals surface area contributed by atoms with Crippen molar-refractivity contribution in [2.75, 3.05) is 6.54 Å². The van der Waals surface area contributed by atoms with Gasteiger partial charge in [0.2, 0.25) is 0 Å². The third kappa shape index (κ3) is 7.85. The van der Waals surface area contributed by atoms with Crippen molar-refractivity contribution in [2.45, 2.75) is 13.2 Å². The largest absolute Gasteiger partial charge is 0.459 e. The highest BCUT2D eigenvalue weighted by Gasteiger charge is 2.24. The van der Waals surface area contributed by atoms with E-state index in [4.69, 9.17) is 27.4 Å². The Labute approximate surface area is 172 Å². The van der Waals surface area contributed by atoms with Crippen LogP contribution in [-0.4, -0.2) is 34.7 Å². The molecule has 0 aliphatic carbocycles. The number of urea groups is 1. The van der Waals surface area contributed by atoms with Crippen LogP contribution in [0.15, 0.2) is 60.7 Å². The Hall–Kier alpha value is -3.66. The van der Waals surface area contributed by atoms with Crippen LogP contribution in [0.25, 0.3) is 0 Å². The number of nitrogens with one attached hydrogen (secondary N) is 2. The van der Waals surface area contributed by atoms with Crippen LogP contribution < -0.4 is 16.6 Å². The molecule has 4 N–H and O–H groups in total. The molecule has 0 heterocycles. The normalized spacial score (nSPS) is 9.79. The van der Waals surface area contributed by atoms with Crippen molar-refractivity contribution in [3.63, 3.8) is 0 Å². The van der Waals surface area contributed by atoms with E-state index < -0.39 is 24.6 Å². The number of nitrogens with zero attached hydrogens (tertiary/aromatic N) is 1. The van der Waals surface area contributed by atoms with Gasteiger partial charge in [-0.15, -0.1) is 0 Å². The minimum absolute atomic E-state index is 0.0267. The predicted molar refractivity (Wildman–Crippen MR) is 108 cm³/mol. The number of rotatable bonds is 6. The fourth-order valence-corrected chi connectivity index (χ4v) is 2.30. The molecule has 0 aliphatic rings. The molecule has 0 atom stereocenters. The monoisotopic (exact) mass is 416 g/mol. The number of hydrogen-bond donors (Lipinski definition) is 3. The van der Waals surface area contributed by atoms with Gasteiger partial charge in [0.05, 0.1) is 0 Å². The number of carbonyl (C=O) groups excluding carboxylic acids is 3. The molecule has 0 spiro atoms. The lowest BCUT2D eigenvalue weighted by atomic mass is 10.2. The molecule has 0 aliphatic heterocycles. The van der Waals surface area contributed by atoms with Gasteiger partial charge in [-0.25, -0.2) is 19.9 Å². The van der Waals surface area contributed by atoms with Crippen LogP contribution in [0.5, 0.6) is 0 Å². The van der Waals surface area contributed by atoms with E-state index in [1.54, 1.807) is 36.4 Å². The number of nitrogens with two attached hydrogens (primary N) is 1. The molecule has 2 aromatic carbocycles. The van der Waals surface area contributed by atoms with Gasteiger partial charge < -0.3 is 15.2 Å². The molecule has 9 nitrogen and oxygen atoms in total. The van der Waals surface area contributed by atoms with Crippen molar-refractivity contribution < 1.29 is 23.9 Å². The van der Waals surface area contributed by atoms with Gasteiger partial charge in [0, 0.05) is 0 Å². The summed E-state index contributed by atoms with van der Waals surface area (Å²) in [6, 6.07) is 17.1. The van der Waals surface area contributed by atoms with Gasteiger partial charge in [0.1, 0.15) is 19.8 Å². The van der Waals surface area contributed by atoms with Crippen molar-refractivity contribution in [1.29, 1.82) is 0 Å². The maximum absolute atomic E-state index is 12.4. The standard InChI is InChI=1S/C19H20N4O5S/c20-17(25)21-22-18(29)23(19(26)28-13-15-9-5-2-6-10-15)11-16(24)27-12-14-7-3-1-4-8-14/h1-10H,11-13H2,(H,22,29)(H3,20,21,25). The van der Waals surface area contributed by atoms with Gasteiger partial charge in [-0.1, -0.05) is 60.7 Å². The number of esters is 1. The Morgan fingerprint density at radius 3 is 1.90 bits per heavy atom. The average Bonchev–Trinajstić information content (AvgIpc) is 2.74. The summed E-state index contributed by atoms with van der Waals surface area (Å²) in [5.41, 5.74) is 10.8. The second-order valence-electron chi connectivity index (χ2n) is 5.69. The fourth-order valence-electron chi connectivity index (χ4n) is 2.11. The number of amides is 3. The number of hydrogen-bond acceptors (Lipinski definition) is 6. The van der Waals surface area contributed by atoms with Gasteiger partial charge in [-0.2, -0.15) is 0 Å². The molecular formula is C19H20N4O5S. The lowest BCUT2D eigenvalue weighted by Crippen LogP contribution is -2.53. The van der Waals surface area contributed by atoms with Crippen LogP contribution >= 0.6 is 12.2 Å². The SMILES string of the molecule is NC(=O)NNC(=S)N(CC(=O)OCc1ccccc1)C(=O)OCc1ccccc1. The number of ether oxygens (including phenoxy) is 2. The summed E-state index contributed by atoms with van der Waals surface area (Å²) in [4.78, 5) is 36.3. The van der Waals surface area contributed by atoms with Crippen molar-refractivity contribution in [3.8, 4) is 0 Å². The van der Waals surface area contributed by atoms with E-state index >= 15 is 0 Å². The Morgan fingerprint density at radius 2 is 1.38 bits per heavy atom. The molecule has 10 heteroatoms. The summed E-state index contributed by atoms with van der Waals surface area (Å²) in [7, 11) is 0. The lowest BCUT2D eigenvalue weighted by Gasteiger charge is -2.22. The van der Waals surface area contributed by atoms with E-state index in [0.29, 0.717) is 0 Å². The quantitative estimate of drug-likeness (QED) is 0.373. The number of primary amides is 1. The molecule has 152 valence electrons. The van der Waals surface area contributed by atoms with Crippen molar-refractivity contribution in [3.05, 3.63) is 71.8 Å². The van der Waals surface area contributed by atoms with Gasteiger partial charge in [-0.3, -0.25) is 10.2 Å². The van der Waals surface area contributed by atoms with Gasteiger partial charge in [0.25, 0.3) is 0 Å². The first-order chi connectivity index (χ1) is 14.0. The maximum Gasteiger partial charge on any atom is 0.417 e. The summed E-state index contributed by atoms with van der Waals surface area (Å²) < 4.78 is 10.3. The van der Waals surface area contributed by atoms with Crippen LogP contribution in [0, 0.1) is 0 Å². The van der Waals surface area contributed by atoms with E-state index in [1.807, 2.05) is 29.7 Å². The molecule has 0 aromatic heterocycles. The molecule has 2 rings (SSSR count). The first-order valence-electron chi connectivity index (χ1n) is 8.49. The van der Waals surface area contributed by atoms with Crippen LogP contribution in [0.1, 0.15) is 11.1 Å². The van der Waals surface area contributed by atoms with Crippen molar-refractivity contribution in [1.82, 2.24) is 15.8 Å². The number of thiocarbonyl (C=S) groups is 1. The average molecular weight is 416 g/mol. The highest BCUT2D eigenvalue weighted by atomic mass is 32.1. The van der Waals surface area contributed by atoms with E-state index in [1.165, 1.54) is 0 Å². The minimum atomic E-state index is -0.920. The third-order valence-corrected chi connectivity index (χ3v) is 3.82. The summed E-state index contributed by atoms with van der Waals surface area (Å²) in [6.45, 7) is -0.514. The first kappa shape index (κ1) is 21.6. The second-order valence-corrected chi connectivity index (χ2v) is 6.08. The lowest BCUT2D eigenvalue weighted by molar-refractivity contribution is -0.145. The molecule has 0 bridgehead atoms. The minimum Gasteiger partial charge on any atom is -0.459 e. The zero-order chi connectivity index (χ0) is 21.1. The Morgan fingerprint density at radius 1 is 0.862 bits per heavy atom. The van der Waals surface area contributed by atoms with Crippen LogP contribution in [0.2, 0.25) is 0 Å². The molecule has 0 radical (unpaired) electrons. The number of carbonyl (C=O) groups is 3. The highest BCUT2D eigenvalue weighted by Crippen LogP contribution is 2.06. The van der Waals surface area contributed by atoms with Crippen molar-refractivity contribution >= 4 is 35.4 Å². The molecule has 0 saturated carbocycles. The van der Waals surface area contributed by atoms with Crippen LogP contribution in [0.4, 0.5) is 9.59 Å². The van der Waals surface area contributed by atoms with Gasteiger partial charge >= 0.3 is 18.1 Å². The topological polar surface area (TPSA) is 123 Å². The van der Waals surface area contributed by atoms with E-state index in [0.717, 1.165) is 16.0 Å². The smallest absolute Gasteiger partial charge is 0.417 e. The maximum atomic E-state index is 12.4. The zero-order valence-electron chi connectivity index (χ0n) is 15.4. The van der Waals surface area contributed by atoms with E-state index in [9.17, 15) is 14.4 Å². The number of benzene rings is 2. The van der Waals surface area contributed by atoms with E-state index in [-0.39, 0.29) is 18.3 Å². The summed E-state index contributed by atoms with van der Waals surface area (Å²) >= 11 is 5.03. The van der Waals surface area contributed by atoms with Gasteiger partial charge in [0.15, 0.2) is 5.11 Å².